The Labute approximate surface area is 131 Å². The predicted octanol–water partition coefficient (Wildman–Crippen LogP) is 4.73. The standard InChI is InChI=1S/C15H19BrF3NO/c1-10-7-12(16)8-11(9-20-13-3-4-13)14(10)21-6-2-5-15(17,18)19/h7-8,13,20H,2-6,9H2,1H3. The number of alkyl halides is 3. The molecule has 0 heterocycles. The van der Waals surface area contributed by atoms with Crippen molar-refractivity contribution in [1.82, 2.24) is 5.32 Å². The van der Waals surface area contributed by atoms with Gasteiger partial charge >= 0.3 is 6.18 Å². The zero-order chi connectivity index (χ0) is 15.5. The summed E-state index contributed by atoms with van der Waals surface area (Å²) in [4.78, 5) is 0. The Balaban J connectivity index is 1.95. The normalized spacial score (nSPS) is 15.3. The Hall–Kier alpha value is -0.750. The van der Waals surface area contributed by atoms with E-state index in [1.54, 1.807) is 0 Å². The number of ether oxygens (including phenoxy) is 1. The molecule has 0 radical (unpaired) electrons. The molecule has 1 aromatic carbocycles. The van der Waals surface area contributed by atoms with Crippen LogP contribution in [-0.4, -0.2) is 18.8 Å². The van der Waals surface area contributed by atoms with Gasteiger partial charge in [0.25, 0.3) is 0 Å². The molecule has 1 aliphatic carbocycles. The zero-order valence-electron chi connectivity index (χ0n) is 11.9. The number of hydrogen-bond donors (Lipinski definition) is 1. The summed E-state index contributed by atoms with van der Waals surface area (Å²) in [7, 11) is 0. The first kappa shape index (κ1) is 16.6. The van der Waals surface area contributed by atoms with E-state index in [1.807, 2.05) is 19.1 Å². The summed E-state index contributed by atoms with van der Waals surface area (Å²) in [6.07, 6.45) is -2.56. The monoisotopic (exact) mass is 365 g/mol. The maximum Gasteiger partial charge on any atom is 0.389 e. The van der Waals surface area contributed by atoms with Gasteiger partial charge in [0.1, 0.15) is 5.75 Å². The third-order valence-corrected chi connectivity index (χ3v) is 3.78. The molecule has 1 aromatic rings. The molecule has 1 fully saturated rings. The van der Waals surface area contributed by atoms with Crippen LogP contribution in [-0.2, 0) is 6.54 Å². The summed E-state index contributed by atoms with van der Waals surface area (Å²) in [5.74, 6) is 0.702. The minimum absolute atomic E-state index is 0.0193. The Kier molecular flexibility index (Phi) is 5.54. The quantitative estimate of drug-likeness (QED) is 0.705. The Morgan fingerprint density at radius 1 is 1.33 bits per heavy atom. The summed E-state index contributed by atoms with van der Waals surface area (Å²) in [6, 6.07) is 4.45. The van der Waals surface area contributed by atoms with E-state index < -0.39 is 12.6 Å². The molecule has 0 atom stereocenters. The largest absolute Gasteiger partial charge is 0.493 e. The fourth-order valence-corrected chi connectivity index (χ4v) is 2.75. The highest BCUT2D eigenvalue weighted by Gasteiger charge is 2.26. The average Bonchev–Trinajstić information content (AvgIpc) is 3.16. The molecule has 6 heteroatoms. The molecular formula is C15H19BrF3NO. The topological polar surface area (TPSA) is 21.3 Å². The molecule has 21 heavy (non-hydrogen) atoms. The van der Waals surface area contributed by atoms with Crippen molar-refractivity contribution < 1.29 is 17.9 Å². The van der Waals surface area contributed by atoms with Gasteiger partial charge in [0, 0.05) is 29.0 Å². The van der Waals surface area contributed by atoms with Gasteiger partial charge in [-0.15, -0.1) is 0 Å². The number of benzene rings is 1. The van der Waals surface area contributed by atoms with E-state index in [9.17, 15) is 13.2 Å². The number of nitrogens with one attached hydrogen (secondary N) is 1. The lowest BCUT2D eigenvalue weighted by atomic mass is 10.1. The minimum atomic E-state index is -4.12. The molecule has 0 aromatic heterocycles. The van der Waals surface area contributed by atoms with E-state index in [-0.39, 0.29) is 13.0 Å². The molecule has 2 nitrogen and oxygen atoms in total. The van der Waals surface area contributed by atoms with Crippen LogP contribution >= 0.6 is 15.9 Å². The van der Waals surface area contributed by atoms with Gasteiger partial charge in [-0.25, -0.2) is 0 Å². The number of rotatable bonds is 7. The molecule has 1 saturated carbocycles. The summed E-state index contributed by atoms with van der Waals surface area (Å²) in [5, 5.41) is 3.40. The van der Waals surface area contributed by atoms with Crippen molar-refractivity contribution >= 4 is 15.9 Å². The fraction of sp³-hybridized carbons (Fsp3) is 0.600. The molecule has 118 valence electrons. The van der Waals surface area contributed by atoms with Crippen LogP contribution in [0.15, 0.2) is 16.6 Å². The summed E-state index contributed by atoms with van der Waals surface area (Å²) >= 11 is 3.45. The first-order valence-corrected chi connectivity index (χ1v) is 7.86. The van der Waals surface area contributed by atoms with Crippen LogP contribution < -0.4 is 10.1 Å². The SMILES string of the molecule is Cc1cc(Br)cc(CNC2CC2)c1OCCCC(F)(F)F. The minimum Gasteiger partial charge on any atom is -0.493 e. The van der Waals surface area contributed by atoms with E-state index in [0.717, 1.165) is 15.6 Å². The second kappa shape index (κ2) is 7.01. The average molecular weight is 366 g/mol. The second-order valence-electron chi connectivity index (χ2n) is 5.43. The summed E-state index contributed by atoms with van der Waals surface area (Å²) < 4.78 is 43.0. The molecule has 0 aliphatic heterocycles. The van der Waals surface area contributed by atoms with Crippen LogP contribution in [0.5, 0.6) is 5.75 Å². The van der Waals surface area contributed by atoms with E-state index >= 15 is 0 Å². The number of halogens is 4. The lowest BCUT2D eigenvalue weighted by Gasteiger charge is -2.16. The number of aryl methyl sites for hydroxylation is 1. The van der Waals surface area contributed by atoms with Crippen molar-refractivity contribution in [3.63, 3.8) is 0 Å². The highest BCUT2D eigenvalue weighted by atomic mass is 79.9. The molecule has 0 spiro atoms. The van der Waals surface area contributed by atoms with Gasteiger partial charge in [0.2, 0.25) is 0 Å². The molecule has 1 N–H and O–H groups in total. The van der Waals surface area contributed by atoms with Crippen molar-refractivity contribution in [2.45, 2.75) is 51.4 Å². The van der Waals surface area contributed by atoms with E-state index in [2.05, 4.69) is 21.2 Å². The molecule has 0 saturated heterocycles. The van der Waals surface area contributed by atoms with Gasteiger partial charge in [0.05, 0.1) is 6.61 Å². The van der Waals surface area contributed by atoms with Crippen molar-refractivity contribution in [1.29, 1.82) is 0 Å². The van der Waals surface area contributed by atoms with E-state index in [4.69, 9.17) is 4.74 Å². The highest BCUT2D eigenvalue weighted by Crippen LogP contribution is 2.30. The van der Waals surface area contributed by atoms with Crippen LogP contribution in [0.2, 0.25) is 0 Å². The summed E-state index contributed by atoms with van der Waals surface area (Å²) in [6.45, 7) is 2.67. The Morgan fingerprint density at radius 3 is 2.67 bits per heavy atom. The maximum absolute atomic E-state index is 12.1. The lowest BCUT2D eigenvalue weighted by molar-refractivity contribution is -0.136. The molecule has 0 unspecified atom stereocenters. The Morgan fingerprint density at radius 2 is 2.05 bits per heavy atom. The van der Waals surface area contributed by atoms with Crippen LogP contribution in [0.25, 0.3) is 0 Å². The second-order valence-corrected chi connectivity index (χ2v) is 6.35. The molecular weight excluding hydrogens is 347 g/mol. The smallest absolute Gasteiger partial charge is 0.389 e. The summed E-state index contributed by atoms with van der Waals surface area (Å²) in [5.41, 5.74) is 1.92. The molecule has 0 bridgehead atoms. The van der Waals surface area contributed by atoms with Crippen molar-refractivity contribution in [3.8, 4) is 5.75 Å². The van der Waals surface area contributed by atoms with Crippen LogP contribution in [0.1, 0.15) is 36.8 Å². The van der Waals surface area contributed by atoms with E-state index in [0.29, 0.717) is 18.3 Å². The van der Waals surface area contributed by atoms with Gasteiger partial charge in [-0.2, -0.15) is 13.2 Å². The van der Waals surface area contributed by atoms with Crippen LogP contribution in [0, 0.1) is 6.92 Å². The first-order valence-electron chi connectivity index (χ1n) is 7.07. The van der Waals surface area contributed by atoms with Gasteiger partial charge in [-0.3, -0.25) is 0 Å². The zero-order valence-corrected chi connectivity index (χ0v) is 13.5. The predicted molar refractivity (Wildman–Crippen MR) is 79.5 cm³/mol. The van der Waals surface area contributed by atoms with Gasteiger partial charge < -0.3 is 10.1 Å². The van der Waals surface area contributed by atoms with E-state index in [1.165, 1.54) is 12.8 Å². The van der Waals surface area contributed by atoms with Crippen molar-refractivity contribution in [2.75, 3.05) is 6.61 Å². The highest BCUT2D eigenvalue weighted by molar-refractivity contribution is 9.10. The molecule has 1 aliphatic rings. The first-order chi connectivity index (χ1) is 9.85. The maximum atomic E-state index is 12.1. The van der Waals surface area contributed by atoms with Crippen molar-refractivity contribution in [2.24, 2.45) is 0 Å². The third-order valence-electron chi connectivity index (χ3n) is 3.33. The molecule has 2 rings (SSSR count). The van der Waals surface area contributed by atoms with Gasteiger partial charge in [0.15, 0.2) is 0 Å². The third kappa shape index (κ3) is 5.87. The van der Waals surface area contributed by atoms with Gasteiger partial charge in [-0.1, -0.05) is 15.9 Å². The lowest BCUT2D eigenvalue weighted by Crippen LogP contribution is -2.17. The van der Waals surface area contributed by atoms with Crippen LogP contribution in [0.4, 0.5) is 13.2 Å². The molecule has 0 amide bonds. The number of hydrogen-bond acceptors (Lipinski definition) is 2. The van der Waals surface area contributed by atoms with Crippen LogP contribution in [0.3, 0.4) is 0 Å². The fourth-order valence-electron chi connectivity index (χ4n) is 2.13. The van der Waals surface area contributed by atoms with Gasteiger partial charge in [-0.05, 0) is 43.9 Å². The van der Waals surface area contributed by atoms with Crippen molar-refractivity contribution in [3.05, 3.63) is 27.7 Å². The Bertz CT molecular complexity index is 487.